The van der Waals surface area contributed by atoms with Gasteiger partial charge in [-0.25, -0.2) is 4.98 Å². The van der Waals surface area contributed by atoms with Crippen LogP contribution in [-0.2, 0) is 6.42 Å². The zero-order valence-electron chi connectivity index (χ0n) is 10.5. The van der Waals surface area contributed by atoms with Gasteiger partial charge in [0.15, 0.2) is 0 Å². The Morgan fingerprint density at radius 1 is 1.32 bits per heavy atom. The van der Waals surface area contributed by atoms with Gasteiger partial charge < -0.3 is 16.0 Å². The second kappa shape index (κ2) is 4.59. The normalized spacial score (nSPS) is 13.5. The van der Waals surface area contributed by atoms with Crippen LogP contribution in [-0.4, -0.2) is 23.6 Å². The van der Waals surface area contributed by atoms with Crippen LogP contribution in [0.2, 0.25) is 5.15 Å². The first-order chi connectivity index (χ1) is 9.11. The Hall–Kier alpha value is -2.01. The minimum atomic E-state index is 0.160. The van der Waals surface area contributed by atoms with Gasteiger partial charge in [-0.1, -0.05) is 17.7 Å². The van der Waals surface area contributed by atoms with E-state index in [0.717, 1.165) is 18.7 Å². The highest BCUT2D eigenvalue weighted by Gasteiger charge is 2.15. The van der Waals surface area contributed by atoms with Crippen LogP contribution >= 0.6 is 11.6 Å². The molecule has 0 unspecified atom stereocenters. The van der Waals surface area contributed by atoms with Crippen molar-refractivity contribution in [1.29, 1.82) is 0 Å². The lowest BCUT2D eigenvalue weighted by Crippen LogP contribution is -2.12. The Morgan fingerprint density at radius 3 is 2.95 bits per heavy atom. The van der Waals surface area contributed by atoms with E-state index in [-0.39, 0.29) is 5.95 Å². The maximum atomic E-state index is 5.85. The van der Waals surface area contributed by atoms with E-state index in [1.165, 1.54) is 11.3 Å². The Bertz CT molecular complexity index is 608. The van der Waals surface area contributed by atoms with E-state index in [4.69, 9.17) is 17.3 Å². The summed E-state index contributed by atoms with van der Waals surface area (Å²) >= 11 is 5.85. The fraction of sp³-hybridized carbons (Fsp3) is 0.231. The second-order valence-corrected chi connectivity index (χ2v) is 4.96. The summed E-state index contributed by atoms with van der Waals surface area (Å²) in [5.41, 5.74) is 9.15. The molecule has 0 bridgehead atoms. The maximum absolute atomic E-state index is 5.85. The smallest absolute Gasteiger partial charge is 0.223 e. The van der Waals surface area contributed by atoms with Crippen LogP contribution in [0.1, 0.15) is 5.56 Å². The third kappa shape index (κ3) is 2.42. The average Bonchev–Trinajstić information content (AvgIpc) is 2.70. The number of aromatic nitrogens is 2. The Morgan fingerprint density at radius 2 is 2.16 bits per heavy atom. The lowest BCUT2D eigenvalue weighted by atomic mass is 10.1. The molecule has 19 heavy (non-hydrogen) atoms. The number of nitrogens with one attached hydrogen (secondary N) is 1. The summed E-state index contributed by atoms with van der Waals surface area (Å²) in [6, 6.07) is 7.92. The Balaban J connectivity index is 1.89. The van der Waals surface area contributed by atoms with Gasteiger partial charge in [0.25, 0.3) is 0 Å². The minimum absolute atomic E-state index is 0.160. The molecule has 2 aromatic rings. The quantitative estimate of drug-likeness (QED) is 0.824. The van der Waals surface area contributed by atoms with Crippen LogP contribution in [0.5, 0.6) is 0 Å². The minimum Gasteiger partial charge on any atom is -0.374 e. The molecule has 3 rings (SSSR count). The number of nitrogens with two attached hydrogens (primary N) is 1. The standard InChI is InChI=1S/C13H14ClN5/c1-19-5-4-8-2-3-9(6-10(8)19)16-12-7-11(14)17-13(15)18-12/h2-3,6-7H,4-5H2,1H3,(H3,15,16,17,18). The molecule has 98 valence electrons. The van der Waals surface area contributed by atoms with Crippen LogP contribution < -0.4 is 16.0 Å². The van der Waals surface area contributed by atoms with Crippen LogP contribution in [0.4, 0.5) is 23.1 Å². The van der Waals surface area contributed by atoms with E-state index in [2.05, 4.69) is 39.4 Å². The van der Waals surface area contributed by atoms with Gasteiger partial charge >= 0.3 is 0 Å². The van der Waals surface area contributed by atoms with Crippen LogP contribution in [0.3, 0.4) is 0 Å². The summed E-state index contributed by atoms with van der Waals surface area (Å²) in [5, 5.41) is 3.52. The predicted octanol–water partition coefficient (Wildman–Crippen LogP) is 2.45. The molecular weight excluding hydrogens is 262 g/mol. The lowest BCUT2D eigenvalue weighted by molar-refractivity contribution is 0.956. The van der Waals surface area contributed by atoms with E-state index in [9.17, 15) is 0 Å². The number of benzene rings is 1. The van der Waals surface area contributed by atoms with Gasteiger partial charge in [-0.3, -0.25) is 0 Å². The molecule has 0 fully saturated rings. The fourth-order valence-corrected chi connectivity index (χ4v) is 2.45. The number of hydrogen-bond donors (Lipinski definition) is 2. The molecule has 1 aromatic carbocycles. The van der Waals surface area contributed by atoms with Crippen LogP contribution in [0.25, 0.3) is 0 Å². The summed E-state index contributed by atoms with van der Waals surface area (Å²) in [6.45, 7) is 1.06. The summed E-state index contributed by atoms with van der Waals surface area (Å²) in [7, 11) is 2.09. The summed E-state index contributed by atoms with van der Waals surface area (Å²) in [6.07, 6.45) is 1.10. The molecule has 6 heteroatoms. The van der Waals surface area contributed by atoms with Gasteiger partial charge in [-0.05, 0) is 24.1 Å². The molecule has 2 heterocycles. The molecule has 0 atom stereocenters. The van der Waals surface area contributed by atoms with E-state index in [1.807, 2.05) is 6.07 Å². The average molecular weight is 276 g/mol. The summed E-state index contributed by atoms with van der Waals surface area (Å²) < 4.78 is 0. The van der Waals surface area contributed by atoms with Crippen LogP contribution in [0.15, 0.2) is 24.3 Å². The van der Waals surface area contributed by atoms with E-state index >= 15 is 0 Å². The number of rotatable bonds is 2. The number of likely N-dealkylation sites (N-methyl/N-ethyl adjacent to an activating group) is 1. The zero-order valence-corrected chi connectivity index (χ0v) is 11.3. The number of nitrogen functional groups attached to an aromatic ring is 1. The molecule has 1 aliphatic rings. The molecule has 0 radical (unpaired) electrons. The van der Waals surface area contributed by atoms with E-state index < -0.39 is 0 Å². The van der Waals surface area contributed by atoms with E-state index in [0.29, 0.717) is 11.0 Å². The molecular formula is C13H14ClN5. The number of fused-ring (bicyclic) bond motifs is 1. The first-order valence-corrected chi connectivity index (χ1v) is 6.41. The molecule has 0 amide bonds. The number of nitrogens with zero attached hydrogens (tertiary/aromatic N) is 3. The van der Waals surface area contributed by atoms with Crippen molar-refractivity contribution in [2.75, 3.05) is 29.5 Å². The third-order valence-corrected chi connectivity index (χ3v) is 3.39. The van der Waals surface area contributed by atoms with Crippen molar-refractivity contribution in [2.45, 2.75) is 6.42 Å². The van der Waals surface area contributed by atoms with Gasteiger partial charge in [0.2, 0.25) is 5.95 Å². The second-order valence-electron chi connectivity index (χ2n) is 4.57. The van der Waals surface area contributed by atoms with E-state index in [1.54, 1.807) is 6.07 Å². The molecule has 1 aliphatic heterocycles. The topological polar surface area (TPSA) is 67.1 Å². The van der Waals surface area contributed by atoms with Crippen molar-refractivity contribution in [3.8, 4) is 0 Å². The molecule has 0 saturated heterocycles. The predicted molar refractivity (Wildman–Crippen MR) is 78.2 cm³/mol. The van der Waals surface area contributed by atoms with Gasteiger partial charge in [-0.15, -0.1) is 0 Å². The van der Waals surface area contributed by atoms with Crippen molar-refractivity contribution in [2.24, 2.45) is 0 Å². The molecule has 5 nitrogen and oxygen atoms in total. The lowest BCUT2D eigenvalue weighted by Gasteiger charge is -2.14. The first kappa shape index (κ1) is 12.0. The number of halogens is 1. The van der Waals surface area contributed by atoms with Gasteiger partial charge in [0.05, 0.1) is 0 Å². The Kier molecular flexibility index (Phi) is 2.91. The molecule has 0 aliphatic carbocycles. The van der Waals surface area contributed by atoms with Gasteiger partial charge in [0.1, 0.15) is 11.0 Å². The van der Waals surface area contributed by atoms with Crippen molar-refractivity contribution < 1.29 is 0 Å². The highest BCUT2D eigenvalue weighted by molar-refractivity contribution is 6.29. The van der Waals surface area contributed by atoms with Crippen molar-refractivity contribution in [3.63, 3.8) is 0 Å². The van der Waals surface area contributed by atoms with Crippen LogP contribution in [0, 0.1) is 0 Å². The SMILES string of the molecule is CN1CCc2ccc(Nc3cc(Cl)nc(N)n3)cc21. The monoisotopic (exact) mass is 275 g/mol. The van der Waals surface area contributed by atoms with Gasteiger partial charge in [-0.2, -0.15) is 4.98 Å². The molecule has 3 N–H and O–H groups in total. The summed E-state index contributed by atoms with van der Waals surface area (Å²) in [5.74, 6) is 0.756. The first-order valence-electron chi connectivity index (χ1n) is 6.03. The summed E-state index contributed by atoms with van der Waals surface area (Å²) in [4.78, 5) is 10.2. The Labute approximate surface area is 116 Å². The highest BCUT2D eigenvalue weighted by atomic mass is 35.5. The van der Waals surface area contributed by atoms with Crippen molar-refractivity contribution in [1.82, 2.24) is 9.97 Å². The van der Waals surface area contributed by atoms with Crippen molar-refractivity contribution >= 4 is 34.7 Å². The molecule has 0 saturated carbocycles. The third-order valence-electron chi connectivity index (χ3n) is 3.20. The fourth-order valence-electron chi connectivity index (χ4n) is 2.26. The molecule has 0 spiro atoms. The highest BCUT2D eigenvalue weighted by Crippen LogP contribution is 2.30. The largest absolute Gasteiger partial charge is 0.374 e. The number of anilines is 4. The van der Waals surface area contributed by atoms with Crippen molar-refractivity contribution in [3.05, 3.63) is 35.0 Å². The number of hydrogen-bond acceptors (Lipinski definition) is 5. The van der Waals surface area contributed by atoms with Gasteiger partial charge in [0, 0.05) is 31.0 Å². The zero-order chi connectivity index (χ0) is 13.4. The maximum Gasteiger partial charge on any atom is 0.223 e. The molecule has 1 aromatic heterocycles.